The molecular formula is C15H19ClN4O3S. The lowest BCUT2D eigenvalue weighted by Gasteiger charge is -2.21. The first-order chi connectivity index (χ1) is 11.3. The van der Waals surface area contributed by atoms with E-state index in [1.54, 1.807) is 0 Å². The van der Waals surface area contributed by atoms with Gasteiger partial charge < -0.3 is 10.3 Å². The highest BCUT2D eigenvalue weighted by Gasteiger charge is 2.28. The predicted octanol–water partition coefficient (Wildman–Crippen LogP) is 1.27. The van der Waals surface area contributed by atoms with Gasteiger partial charge in [-0.05, 0) is 31.2 Å². The zero-order valence-electron chi connectivity index (χ0n) is 13.3. The Hall–Kier alpha value is -1.67. The molecule has 0 saturated carbocycles. The first kappa shape index (κ1) is 17.2. The van der Waals surface area contributed by atoms with Gasteiger partial charge in [0.2, 0.25) is 5.91 Å². The van der Waals surface area contributed by atoms with E-state index >= 15 is 0 Å². The maximum Gasteiger partial charge on any atom is 0.223 e. The Bertz CT molecular complexity index is 878. The van der Waals surface area contributed by atoms with Gasteiger partial charge in [0.25, 0.3) is 0 Å². The predicted molar refractivity (Wildman–Crippen MR) is 91.8 cm³/mol. The van der Waals surface area contributed by atoms with Crippen LogP contribution in [0, 0.1) is 5.92 Å². The maximum atomic E-state index is 12.3. The van der Waals surface area contributed by atoms with E-state index in [0.717, 1.165) is 29.5 Å². The molecule has 0 radical (unpaired) electrons. The Balaban J connectivity index is 1.66. The normalized spacial score (nSPS) is 17.7. The second kappa shape index (κ2) is 6.68. The zero-order valence-corrected chi connectivity index (χ0v) is 14.9. The van der Waals surface area contributed by atoms with Crippen molar-refractivity contribution in [3.05, 3.63) is 22.7 Å². The van der Waals surface area contributed by atoms with Gasteiger partial charge in [0, 0.05) is 24.4 Å². The van der Waals surface area contributed by atoms with Crippen molar-refractivity contribution in [1.82, 2.24) is 20.3 Å². The number of fused-ring (bicyclic) bond motifs is 3. The zero-order chi connectivity index (χ0) is 17.3. The van der Waals surface area contributed by atoms with Gasteiger partial charge in [-0.1, -0.05) is 11.6 Å². The summed E-state index contributed by atoms with van der Waals surface area (Å²) in [6.07, 6.45) is 5.11. The Morgan fingerprint density at radius 1 is 1.46 bits per heavy atom. The van der Waals surface area contributed by atoms with E-state index in [9.17, 15) is 13.2 Å². The Kier molecular flexibility index (Phi) is 4.78. The third-order valence-electron chi connectivity index (χ3n) is 4.29. The summed E-state index contributed by atoms with van der Waals surface area (Å²) in [5.41, 5.74) is 2.78. The topological polar surface area (TPSA) is 105 Å². The fourth-order valence-corrected chi connectivity index (χ4v) is 4.03. The number of aromatic nitrogens is 3. The minimum atomic E-state index is -2.99. The first-order valence-electron chi connectivity index (χ1n) is 7.80. The van der Waals surface area contributed by atoms with Crippen LogP contribution < -0.4 is 5.32 Å². The van der Waals surface area contributed by atoms with Crippen LogP contribution in [0.1, 0.15) is 24.1 Å². The lowest BCUT2D eigenvalue weighted by molar-refractivity contribution is -0.125. The number of H-pyrrole nitrogens is 1. The molecule has 0 aromatic carbocycles. The van der Waals surface area contributed by atoms with Crippen LogP contribution in [0.4, 0.5) is 0 Å². The average Bonchev–Trinajstić information content (AvgIpc) is 2.89. The Morgan fingerprint density at radius 2 is 2.25 bits per heavy atom. The largest absolute Gasteiger partial charge is 0.356 e. The summed E-state index contributed by atoms with van der Waals surface area (Å²) in [6, 6.07) is 0. The molecule has 9 heteroatoms. The van der Waals surface area contributed by atoms with Crippen LogP contribution >= 0.6 is 11.6 Å². The molecule has 3 rings (SSSR count). The van der Waals surface area contributed by atoms with E-state index < -0.39 is 9.84 Å². The smallest absolute Gasteiger partial charge is 0.223 e. The number of carbonyl (C=O) groups excluding carboxylic acids is 1. The summed E-state index contributed by atoms with van der Waals surface area (Å²) in [6.45, 7) is 0.368. The molecule has 1 atom stereocenters. The monoisotopic (exact) mass is 370 g/mol. The minimum absolute atomic E-state index is 0.0449. The van der Waals surface area contributed by atoms with Gasteiger partial charge in [-0.15, -0.1) is 0 Å². The van der Waals surface area contributed by atoms with Crippen LogP contribution in [0.2, 0.25) is 5.15 Å². The molecule has 0 aliphatic heterocycles. The number of nitrogens with one attached hydrogen (secondary N) is 2. The highest BCUT2D eigenvalue weighted by atomic mass is 35.5. The minimum Gasteiger partial charge on any atom is -0.356 e. The molecule has 7 nitrogen and oxygen atoms in total. The van der Waals surface area contributed by atoms with Gasteiger partial charge in [0.15, 0.2) is 0 Å². The molecule has 2 aromatic heterocycles. The summed E-state index contributed by atoms with van der Waals surface area (Å²) in [4.78, 5) is 23.8. The van der Waals surface area contributed by atoms with Gasteiger partial charge in [0.05, 0.1) is 11.1 Å². The van der Waals surface area contributed by atoms with E-state index in [2.05, 4.69) is 20.3 Å². The molecule has 2 N–H and O–H groups in total. The fraction of sp³-hybridized carbons (Fsp3) is 0.533. The van der Waals surface area contributed by atoms with Gasteiger partial charge >= 0.3 is 0 Å². The number of amides is 1. The molecule has 2 aromatic rings. The Morgan fingerprint density at radius 3 is 3.00 bits per heavy atom. The van der Waals surface area contributed by atoms with E-state index in [1.807, 2.05) is 0 Å². The second-order valence-corrected chi connectivity index (χ2v) is 8.80. The number of hydrogen-bond acceptors (Lipinski definition) is 5. The number of hydrogen-bond donors (Lipinski definition) is 2. The Labute approximate surface area is 145 Å². The number of carbonyl (C=O) groups is 1. The molecule has 0 saturated heterocycles. The molecule has 24 heavy (non-hydrogen) atoms. The number of aromatic amines is 1. The summed E-state index contributed by atoms with van der Waals surface area (Å²) in [5.74, 6) is -0.111. The number of sulfone groups is 1. The van der Waals surface area contributed by atoms with E-state index in [4.69, 9.17) is 11.6 Å². The van der Waals surface area contributed by atoms with Gasteiger partial charge in [-0.2, -0.15) is 0 Å². The van der Waals surface area contributed by atoms with Crippen molar-refractivity contribution in [3.8, 4) is 0 Å². The molecule has 0 spiro atoms. The SMILES string of the molecule is CS(=O)(=O)CCCNC(=O)[C@H]1CCc2[nH]c3ncnc(Cl)c3c2C1. The maximum absolute atomic E-state index is 12.3. The molecular weight excluding hydrogens is 352 g/mol. The summed E-state index contributed by atoms with van der Waals surface area (Å²) in [5, 5.41) is 4.02. The second-order valence-electron chi connectivity index (χ2n) is 6.18. The lowest BCUT2D eigenvalue weighted by atomic mass is 9.86. The molecule has 2 heterocycles. The van der Waals surface area contributed by atoms with E-state index in [-0.39, 0.29) is 17.6 Å². The van der Waals surface area contributed by atoms with Crippen LogP contribution in [0.15, 0.2) is 6.33 Å². The van der Waals surface area contributed by atoms with Crippen LogP contribution in [-0.4, -0.2) is 47.8 Å². The van der Waals surface area contributed by atoms with Crippen LogP contribution in [-0.2, 0) is 27.5 Å². The molecule has 1 aliphatic rings. The van der Waals surface area contributed by atoms with Crippen LogP contribution in [0.25, 0.3) is 11.0 Å². The summed E-state index contributed by atoms with van der Waals surface area (Å²) in [7, 11) is -2.99. The quantitative estimate of drug-likeness (QED) is 0.609. The standard InChI is InChI=1S/C15H19ClN4O3S/c1-24(22,23)6-2-5-17-15(21)9-3-4-11-10(7-9)12-13(16)18-8-19-14(12)20-11/h8-9H,2-7H2,1H3,(H,17,21)(H,18,19,20)/t9-/m0/s1. The van der Waals surface area contributed by atoms with Crippen molar-refractivity contribution < 1.29 is 13.2 Å². The number of rotatable bonds is 5. The highest BCUT2D eigenvalue weighted by molar-refractivity contribution is 7.90. The molecule has 0 bridgehead atoms. The molecule has 130 valence electrons. The highest BCUT2D eigenvalue weighted by Crippen LogP contribution is 2.33. The molecule has 1 aliphatic carbocycles. The van der Waals surface area contributed by atoms with Crippen LogP contribution in [0.5, 0.6) is 0 Å². The van der Waals surface area contributed by atoms with Crippen molar-refractivity contribution in [1.29, 1.82) is 0 Å². The van der Waals surface area contributed by atoms with Gasteiger partial charge in [0.1, 0.15) is 27.0 Å². The van der Waals surface area contributed by atoms with E-state index in [1.165, 1.54) is 12.6 Å². The van der Waals surface area contributed by atoms with Crippen molar-refractivity contribution in [3.63, 3.8) is 0 Å². The average molecular weight is 371 g/mol. The van der Waals surface area contributed by atoms with Crippen LogP contribution in [0.3, 0.4) is 0 Å². The molecule has 0 unspecified atom stereocenters. The summed E-state index contributed by atoms with van der Waals surface area (Å²) >= 11 is 6.18. The van der Waals surface area contributed by atoms with Crippen molar-refractivity contribution in [2.75, 3.05) is 18.6 Å². The third-order valence-corrected chi connectivity index (χ3v) is 5.61. The number of halogens is 1. The lowest BCUT2D eigenvalue weighted by Crippen LogP contribution is -2.35. The third kappa shape index (κ3) is 3.70. The van der Waals surface area contributed by atoms with Crippen molar-refractivity contribution >= 4 is 38.4 Å². The number of nitrogens with zero attached hydrogens (tertiary/aromatic N) is 2. The fourth-order valence-electron chi connectivity index (χ4n) is 3.12. The molecule has 0 fully saturated rings. The van der Waals surface area contributed by atoms with Gasteiger partial charge in [-0.25, -0.2) is 18.4 Å². The number of aryl methyl sites for hydroxylation is 1. The molecule has 1 amide bonds. The van der Waals surface area contributed by atoms with E-state index in [0.29, 0.717) is 30.2 Å². The van der Waals surface area contributed by atoms with Crippen molar-refractivity contribution in [2.45, 2.75) is 25.7 Å². The van der Waals surface area contributed by atoms with Crippen molar-refractivity contribution in [2.24, 2.45) is 5.92 Å². The first-order valence-corrected chi connectivity index (χ1v) is 10.2. The summed E-state index contributed by atoms with van der Waals surface area (Å²) < 4.78 is 22.2. The van der Waals surface area contributed by atoms with Gasteiger partial charge in [-0.3, -0.25) is 4.79 Å².